The summed E-state index contributed by atoms with van der Waals surface area (Å²) in [5.74, 6) is -0.436. The molecular weight excluding hydrogens is 393 g/mol. The number of amides is 1. The Morgan fingerprint density at radius 2 is 1.48 bits per heavy atom. The molecule has 1 heterocycles. The molecule has 4 rings (SSSR count). The molecule has 0 aliphatic heterocycles. The zero-order valence-corrected chi connectivity index (χ0v) is 16.8. The van der Waals surface area contributed by atoms with Gasteiger partial charge < -0.3 is 9.88 Å². The fourth-order valence-electron chi connectivity index (χ4n) is 3.39. The van der Waals surface area contributed by atoms with Crippen LogP contribution in [0.1, 0.15) is 43.7 Å². The minimum atomic E-state index is -0.765. The van der Waals surface area contributed by atoms with E-state index in [0.29, 0.717) is 28.1 Å². The van der Waals surface area contributed by atoms with E-state index in [2.05, 4.69) is 10.3 Å². The van der Waals surface area contributed by atoms with Crippen molar-refractivity contribution in [3.63, 3.8) is 0 Å². The summed E-state index contributed by atoms with van der Waals surface area (Å²) >= 11 is 0. The van der Waals surface area contributed by atoms with Gasteiger partial charge in [-0.25, -0.2) is 9.37 Å². The summed E-state index contributed by atoms with van der Waals surface area (Å²) < 4.78 is 16.2. The molecule has 0 spiro atoms. The number of hydrogen-bond acceptors (Lipinski definition) is 3. The number of rotatable bonds is 6. The average molecular weight is 413 g/mol. The Labute approximate surface area is 179 Å². The van der Waals surface area contributed by atoms with Gasteiger partial charge in [0.05, 0.1) is 0 Å². The number of halogens is 1. The Hall–Kier alpha value is -4.06. The van der Waals surface area contributed by atoms with Crippen molar-refractivity contribution in [1.29, 1.82) is 0 Å². The molecule has 0 saturated heterocycles. The third kappa shape index (κ3) is 4.28. The van der Waals surface area contributed by atoms with E-state index in [4.69, 9.17) is 0 Å². The van der Waals surface area contributed by atoms with Crippen LogP contribution in [0.5, 0.6) is 0 Å². The molecule has 4 aromatic rings. The van der Waals surface area contributed by atoms with Gasteiger partial charge >= 0.3 is 0 Å². The number of carbonyl (C=O) groups excluding carboxylic acids is 2. The first-order valence-electron chi connectivity index (χ1n) is 9.77. The Kier molecular flexibility index (Phi) is 5.71. The smallest absolute Gasteiger partial charge is 0.252 e. The molecule has 31 heavy (non-hydrogen) atoms. The van der Waals surface area contributed by atoms with Gasteiger partial charge in [-0.2, -0.15) is 0 Å². The van der Waals surface area contributed by atoms with Crippen LogP contribution in [-0.4, -0.2) is 21.2 Å². The first kappa shape index (κ1) is 20.2. The SMILES string of the molecule is Cn1ccnc1C(NC(=O)c1ccc(C(=O)c2ccccc2)cc1)c1ccccc1F. The molecule has 0 saturated carbocycles. The van der Waals surface area contributed by atoms with Gasteiger partial charge in [0.1, 0.15) is 17.7 Å². The van der Waals surface area contributed by atoms with Gasteiger partial charge in [-0.15, -0.1) is 0 Å². The van der Waals surface area contributed by atoms with Gasteiger partial charge in [0.25, 0.3) is 5.91 Å². The second-order valence-electron chi connectivity index (χ2n) is 7.10. The third-order valence-corrected chi connectivity index (χ3v) is 5.05. The Morgan fingerprint density at radius 1 is 0.871 bits per heavy atom. The predicted molar refractivity (Wildman–Crippen MR) is 115 cm³/mol. The summed E-state index contributed by atoms with van der Waals surface area (Å²) in [6.07, 6.45) is 3.33. The molecule has 1 unspecified atom stereocenters. The van der Waals surface area contributed by atoms with Gasteiger partial charge in [-0.05, 0) is 18.2 Å². The molecule has 154 valence electrons. The summed E-state index contributed by atoms with van der Waals surface area (Å²) in [5.41, 5.74) is 1.74. The zero-order chi connectivity index (χ0) is 21.8. The van der Waals surface area contributed by atoms with Crippen molar-refractivity contribution < 1.29 is 14.0 Å². The van der Waals surface area contributed by atoms with Crippen LogP contribution < -0.4 is 5.32 Å². The highest BCUT2D eigenvalue weighted by molar-refractivity contribution is 6.09. The van der Waals surface area contributed by atoms with E-state index in [0.717, 1.165) is 0 Å². The quantitative estimate of drug-likeness (QED) is 0.479. The third-order valence-electron chi connectivity index (χ3n) is 5.05. The summed E-state index contributed by atoms with van der Waals surface area (Å²) in [6, 6.07) is 20.9. The highest BCUT2D eigenvalue weighted by Crippen LogP contribution is 2.23. The van der Waals surface area contributed by atoms with Crippen molar-refractivity contribution in [2.24, 2.45) is 7.05 Å². The molecule has 6 heteroatoms. The largest absolute Gasteiger partial charge is 0.338 e. The van der Waals surface area contributed by atoms with Crippen molar-refractivity contribution in [3.8, 4) is 0 Å². The molecule has 0 bridgehead atoms. The minimum Gasteiger partial charge on any atom is -0.338 e. The van der Waals surface area contributed by atoms with Crippen molar-refractivity contribution in [2.75, 3.05) is 0 Å². The molecule has 0 aliphatic carbocycles. The Balaban J connectivity index is 1.59. The molecule has 1 atom stereocenters. The Bertz CT molecular complexity index is 1220. The lowest BCUT2D eigenvalue weighted by atomic mass is 10.0. The summed E-state index contributed by atoms with van der Waals surface area (Å²) in [6.45, 7) is 0. The number of aryl methyl sites for hydroxylation is 1. The molecule has 3 aromatic carbocycles. The topological polar surface area (TPSA) is 64.0 Å². The van der Waals surface area contributed by atoms with Gasteiger partial charge in [-0.3, -0.25) is 9.59 Å². The molecule has 1 N–H and O–H groups in total. The first-order valence-corrected chi connectivity index (χ1v) is 9.77. The lowest BCUT2D eigenvalue weighted by Gasteiger charge is -2.20. The highest BCUT2D eigenvalue weighted by atomic mass is 19.1. The molecule has 5 nitrogen and oxygen atoms in total. The number of benzene rings is 3. The maximum Gasteiger partial charge on any atom is 0.252 e. The Morgan fingerprint density at radius 3 is 2.13 bits per heavy atom. The fourth-order valence-corrected chi connectivity index (χ4v) is 3.39. The van der Waals surface area contributed by atoms with Crippen LogP contribution in [0.4, 0.5) is 4.39 Å². The van der Waals surface area contributed by atoms with Gasteiger partial charge in [0.15, 0.2) is 5.78 Å². The van der Waals surface area contributed by atoms with E-state index in [1.54, 1.807) is 90.7 Å². The van der Waals surface area contributed by atoms with Crippen LogP contribution >= 0.6 is 0 Å². The summed E-state index contributed by atoms with van der Waals surface area (Å²) in [5, 5.41) is 2.87. The number of imidazole rings is 1. The number of ketones is 1. The maximum atomic E-state index is 14.5. The fraction of sp³-hybridized carbons (Fsp3) is 0.0800. The van der Waals surface area contributed by atoms with Crippen molar-refractivity contribution in [3.05, 3.63) is 125 Å². The number of aromatic nitrogens is 2. The molecule has 1 amide bonds. The monoisotopic (exact) mass is 413 g/mol. The van der Waals surface area contributed by atoms with E-state index >= 15 is 0 Å². The highest BCUT2D eigenvalue weighted by Gasteiger charge is 2.24. The molecule has 1 aromatic heterocycles. The van der Waals surface area contributed by atoms with E-state index in [1.807, 2.05) is 6.07 Å². The second kappa shape index (κ2) is 8.75. The normalized spacial score (nSPS) is 11.7. The van der Waals surface area contributed by atoms with Crippen LogP contribution in [0.25, 0.3) is 0 Å². The van der Waals surface area contributed by atoms with E-state index in [1.165, 1.54) is 6.07 Å². The average Bonchev–Trinajstić information content (AvgIpc) is 3.23. The minimum absolute atomic E-state index is 0.121. The van der Waals surface area contributed by atoms with Crippen LogP contribution in [0, 0.1) is 5.82 Å². The molecule has 0 aliphatic rings. The van der Waals surface area contributed by atoms with Crippen molar-refractivity contribution >= 4 is 11.7 Å². The number of nitrogens with one attached hydrogen (secondary N) is 1. The van der Waals surface area contributed by atoms with Gasteiger partial charge in [0, 0.05) is 41.7 Å². The maximum absolute atomic E-state index is 14.5. The second-order valence-corrected chi connectivity index (χ2v) is 7.10. The van der Waals surface area contributed by atoms with Crippen LogP contribution in [0.3, 0.4) is 0 Å². The van der Waals surface area contributed by atoms with E-state index < -0.39 is 17.8 Å². The van der Waals surface area contributed by atoms with Crippen LogP contribution in [0.2, 0.25) is 0 Å². The number of nitrogens with zero attached hydrogens (tertiary/aromatic N) is 2. The predicted octanol–water partition coefficient (Wildman–Crippen LogP) is 4.31. The standard InChI is InChI=1S/C25H20FN3O2/c1-29-16-15-27-24(29)22(20-9-5-6-10-21(20)26)28-25(31)19-13-11-18(12-14-19)23(30)17-7-3-2-4-8-17/h2-16,22H,1H3,(H,28,31). The van der Waals surface area contributed by atoms with E-state index in [-0.39, 0.29) is 5.78 Å². The van der Waals surface area contributed by atoms with Crippen LogP contribution in [0.15, 0.2) is 91.3 Å². The van der Waals surface area contributed by atoms with Crippen molar-refractivity contribution in [1.82, 2.24) is 14.9 Å². The molecule has 0 fully saturated rings. The summed E-state index contributed by atoms with van der Waals surface area (Å²) in [4.78, 5) is 29.8. The molecule has 0 radical (unpaired) electrons. The lowest BCUT2D eigenvalue weighted by Crippen LogP contribution is -2.31. The number of carbonyl (C=O) groups is 2. The summed E-state index contributed by atoms with van der Waals surface area (Å²) in [7, 11) is 1.78. The van der Waals surface area contributed by atoms with E-state index in [9.17, 15) is 14.0 Å². The van der Waals surface area contributed by atoms with Crippen LogP contribution in [-0.2, 0) is 7.05 Å². The van der Waals surface area contributed by atoms with Gasteiger partial charge in [-0.1, -0.05) is 60.7 Å². The number of hydrogen-bond donors (Lipinski definition) is 1. The lowest BCUT2D eigenvalue weighted by molar-refractivity contribution is 0.0939. The zero-order valence-electron chi connectivity index (χ0n) is 16.8. The van der Waals surface area contributed by atoms with Crippen molar-refractivity contribution in [2.45, 2.75) is 6.04 Å². The first-order chi connectivity index (χ1) is 15.0. The van der Waals surface area contributed by atoms with Gasteiger partial charge in [0.2, 0.25) is 0 Å². The molecular formula is C25H20FN3O2.